The lowest BCUT2D eigenvalue weighted by molar-refractivity contribution is -0.0204. The molecule has 0 amide bonds. The first kappa shape index (κ1) is 21.0. The van der Waals surface area contributed by atoms with Gasteiger partial charge in [0.15, 0.2) is 17.7 Å². The molecule has 1 aromatic heterocycles. The fraction of sp³-hybridized carbons (Fsp3) is 0.455. The number of aromatic nitrogens is 2. The van der Waals surface area contributed by atoms with Crippen LogP contribution in [0.1, 0.15) is 24.0 Å². The van der Waals surface area contributed by atoms with E-state index in [0.29, 0.717) is 18.2 Å². The molecule has 0 saturated carbocycles. The second-order valence-electron chi connectivity index (χ2n) is 7.98. The van der Waals surface area contributed by atoms with Crippen molar-refractivity contribution in [2.45, 2.75) is 50.3 Å². The Bertz CT molecular complexity index is 1000. The molecule has 5 rings (SSSR count). The number of nitrogens with one attached hydrogen (secondary N) is 1. The highest BCUT2D eigenvalue weighted by Gasteiger charge is 2.45. The molecule has 4 heterocycles. The van der Waals surface area contributed by atoms with E-state index in [1.165, 1.54) is 6.33 Å². The average Bonchev–Trinajstić information content (AvgIpc) is 3.37. The highest BCUT2D eigenvalue weighted by molar-refractivity contribution is 5.61. The van der Waals surface area contributed by atoms with Crippen molar-refractivity contribution in [2.24, 2.45) is 0 Å². The Kier molecular flexibility index (Phi) is 5.83. The van der Waals surface area contributed by atoms with Crippen molar-refractivity contribution in [3.63, 3.8) is 0 Å². The molecule has 1 aromatic carbocycles. The molecule has 32 heavy (non-hydrogen) atoms. The zero-order chi connectivity index (χ0) is 22.1. The lowest BCUT2D eigenvalue weighted by Crippen LogP contribution is -2.42. The SMILES string of the molecule is OC[C@H]1O[C@@H](N2/C=C/CCCc3c(NCc4ccc5c(c4)OCO5)ncnc32)C(O)C1O. The summed E-state index contributed by atoms with van der Waals surface area (Å²) in [5.74, 6) is 2.75. The molecule has 10 heteroatoms. The molecule has 0 spiro atoms. The number of benzene rings is 1. The average molecular weight is 442 g/mol. The van der Waals surface area contributed by atoms with Crippen LogP contribution in [0.3, 0.4) is 0 Å². The second-order valence-corrected chi connectivity index (χ2v) is 7.98. The number of aliphatic hydroxyl groups excluding tert-OH is 3. The maximum absolute atomic E-state index is 10.6. The molecular weight excluding hydrogens is 416 g/mol. The zero-order valence-corrected chi connectivity index (χ0v) is 17.4. The standard InChI is InChI=1S/C22H26N4O6/c27-10-17-18(28)19(29)22(32-17)26-7-3-1-2-4-14-20(24-11-25-21(14)26)23-9-13-5-6-15-16(8-13)31-12-30-15/h3,5-8,11,17-19,22,27-29H,1-2,4,9-10,12H2,(H,23,24,25)/b7-3+/t17-,18?,19?,22-/m1/s1. The van der Waals surface area contributed by atoms with E-state index in [9.17, 15) is 15.3 Å². The van der Waals surface area contributed by atoms with Crippen LogP contribution in [0, 0.1) is 0 Å². The minimum absolute atomic E-state index is 0.232. The van der Waals surface area contributed by atoms with Gasteiger partial charge in [0.1, 0.15) is 36.3 Å². The van der Waals surface area contributed by atoms with E-state index in [0.717, 1.165) is 41.9 Å². The lowest BCUT2D eigenvalue weighted by atomic mass is 10.1. The molecule has 3 aliphatic heterocycles. The van der Waals surface area contributed by atoms with Gasteiger partial charge in [0.25, 0.3) is 0 Å². The first-order chi connectivity index (χ1) is 15.7. The fourth-order valence-electron chi connectivity index (χ4n) is 4.22. The van der Waals surface area contributed by atoms with Crippen molar-refractivity contribution in [3.05, 3.63) is 47.9 Å². The summed E-state index contributed by atoms with van der Waals surface area (Å²) in [6.07, 6.45) is 3.64. The van der Waals surface area contributed by atoms with E-state index in [4.69, 9.17) is 14.2 Å². The van der Waals surface area contributed by atoms with Gasteiger partial charge in [-0.2, -0.15) is 0 Å². The van der Waals surface area contributed by atoms with Gasteiger partial charge in [0.05, 0.1) is 6.61 Å². The summed E-state index contributed by atoms with van der Waals surface area (Å²) in [7, 11) is 0. The van der Waals surface area contributed by atoms with Gasteiger partial charge >= 0.3 is 0 Å². The van der Waals surface area contributed by atoms with Crippen molar-refractivity contribution >= 4 is 11.6 Å². The van der Waals surface area contributed by atoms with Crippen molar-refractivity contribution in [2.75, 3.05) is 23.6 Å². The molecule has 4 N–H and O–H groups in total. The van der Waals surface area contributed by atoms with E-state index in [1.807, 2.05) is 30.5 Å². The van der Waals surface area contributed by atoms with Crippen LogP contribution < -0.4 is 19.7 Å². The molecule has 0 radical (unpaired) electrons. The van der Waals surface area contributed by atoms with E-state index < -0.39 is 24.5 Å². The minimum Gasteiger partial charge on any atom is -0.454 e. The maximum atomic E-state index is 10.6. The van der Waals surface area contributed by atoms with Gasteiger partial charge in [-0.1, -0.05) is 12.1 Å². The Labute approximate surface area is 185 Å². The molecule has 170 valence electrons. The van der Waals surface area contributed by atoms with Gasteiger partial charge in [0.2, 0.25) is 6.79 Å². The van der Waals surface area contributed by atoms with Crippen LogP contribution in [0.2, 0.25) is 0 Å². The van der Waals surface area contributed by atoms with Gasteiger partial charge < -0.3 is 39.7 Å². The second kappa shape index (κ2) is 8.91. The minimum atomic E-state index is -1.19. The summed E-state index contributed by atoms with van der Waals surface area (Å²) in [5, 5.41) is 33.6. The third-order valence-electron chi connectivity index (χ3n) is 5.92. The predicted octanol–water partition coefficient (Wildman–Crippen LogP) is 0.913. The van der Waals surface area contributed by atoms with Crippen molar-refractivity contribution in [1.29, 1.82) is 0 Å². The highest BCUT2D eigenvalue weighted by atomic mass is 16.7. The fourth-order valence-corrected chi connectivity index (χ4v) is 4.22. The predicted molar refractivity (Wildman–Crippen MR) is 114 cm³/mol. The summed E-state index contributed by atoms with van der Waals surface area (Å²) in [6.45, 7) is 0.380. The van der Waals surface area contributed by atoms with Gasteiger partial charge in [0, 0.05) is 18.3 Å². The Morgan fingerprint density at radius 3 is 2.84 bits per heavy atom. The van der Waals surface area contributed by atoms with Crippen LogP contribution in [0.25, 0.3) is 0 Å². The topological polar surface area (TPSA) is 129 Å². The lowest BCUT2D eigenvalue weighted by Gasteiger charge is -2.31. The molecule has 1 saturated heterocycles. The van der Waals surface area contributed by atoms with Crippen LogP contribution in [0.4, 0.5) is 11.6 Å². The van der Waals surface area contributed by atoms with Crippen molar-refractivity contribution < 1.29 is 29.5 Å². The number of ether oxygens (including phenoxy) is 3. The number of nitrogens with zero attached hydrogens (tertiary/aromatic N) is 3. The number of hydrogen-bond donors (Lipinski definition) is 4. The molecule has 2 unspecified atom stereocenters. The molecule has 3 aliphatic rings. The van der Waals surface area contributed by atoms with Crippen LogP contribution in [0.5, 0.6) is 11.5 Å². The van der Waals surface area contributed by atoms with Crippen LogP contribution >= 0.6 is 0 Å². The summed E-state index contributed by atoms with van der Waals surface area (Å²) in [4.78, 5) is 10.6. The molecular formula is C22H26N4O6. The zero-order valence-electron chi connectivity index (χ0n) is 17.4. The number of aliphatic hydroxyl groups is 3. The van der Waals surface area contributed by atoms with E-state index in [2.05, 4.69) is 15.3 Å². The first-order valence-electron chi connectivity index (χ1n) is 10.7. The van der Waals surface area contributed by atoms with Crippen molar-refractivity contribution in [3.8, 4) is 11.5 Å². The number of allylic oxidation sites excluding steroid dienone is 1. The Balaban J connectivity index is 1.41. The van der Waals surface area contributed by atoms with Gasteiger partial charge in [-0.15, -0.1) is 0 Å². The number of fused-ring (bicyclic) bond motifs is 2. The van der Waals surface area contributed by atoms with Gasteiger partial charge in [-0.25, -0.2) is 9.97 Å². The van der Waals surface area contributed by atoms with Gasteiger partial charge in [-0.05, 0) is 37.0 Å². The number of rotatable bonds is 5. The smallest absolute Gasteiger partial charge is 0.231 e. The van der Waals surface area contributed by atoms with Crippen LogP contribution in [0.15, 0.2) is 36.8 Å². The number of anilines is 2. The van der Waals surface area contributed by atoms with Crippen LogP contribution in [-0.4, -0.2) is 63.2 Å². The molecule has 4 atom stereocenters. The third-order valence-corrected chi connectivity index (χ3v) is 5.92. The molecule has 0 aliphatic carbocycles. The van der Waals surface area contributed by atoms with Crippen LogP contribution in [-0.2, 0) is 17.7 Å². The maximum Gasteiger partial charge on any atom is 0.231 e. The monoisotopic (exact) mass is 442 g/mol. The summed E-state index contributed by atoms with van der Waals surface area (Å²) in [6, 6.07) is 5.80. The largest absolute Gasteiger partial charge is 0.454 e. The first-order valence-corrected chi connectivity index (χ1v) is 10.7. The Morgan fingerprint density at radius 1 is 1.12 bits per heavy atom. The van der Waals surface area contributed by atoms with Gasteiger partial charge in [-0.3, -0.25) is 0 Å². The summed E-state index contributed by atoms with van der Waals surface area (Å²) in [5.41, 5.74) is 1.92. The quantitative estimate of drug-likeness (QED) is 0.530. The Morgan fingerprint density at radius 2 is 2.00 bits per heavy atom. The van der Waals surface area contributed by atoms with Crippen molar-refractivity contribution in [1.82, 2.24) is 9.97 Å². The normalized spacial score (nSPS) is 27.5. The number of hydrogen-bond acceptors (Lipinski definition) is 10. The Hall–Kier alpha value is -2.92. The summed E-state index contributed by atoms with van der Waals surface area (Å²) >= 11 is 0. The molecule has 1 fully saturated rings. The van der Waals surface area contributed by atoms with E-state index >= 15 is 0 Å². The third kappa shape index (κ3) is 3.86. The molecule has 10 nitrogen and oxygen atoms in total. The highest BCUT2D eigenvalue weighted by Crippen LogP contribution is 2.35. The summed E-state index contributed by atoms with van der Waals surface area (Å²) < 4.78 is 16.6. The molecule has 0 bridgehead atoms. The van der Waals surface area contributed by atoms with E-state index in [-0.39, 0.29) is 13.4 Å². The van der Waals surface area contributed by atoms with E-state index in [1.54, 1.807) is 4.90 Å². The molecule has 2 aromatic rings.